The predicted molar refractivity (Wildman–Crippen MR) is 205 cm³/mol. The molecule has 7 rings (SSSR count). The Morgan fingerprint density at radius 2 is 1.95 bits per heavy atom. The van der Waals surface area contributed by atoms with Gasteiger partial charge >= 0.3 is 6.09 Å². The van der Waals surface area contributed by atoms with Crippen LogP contribution in [0.1, 0.15) is 65.2 Å². The molecular weight excluding hydrogens is 743 g/mol. The molecule has 7 atom stereocenters. The third-order valence-electron chi connectivity index (χ3n) is 11.7. The number of carbonyl (C=O) groups excluding carboxylic acids is 3. The molecule has 1 aromatic carbocycles. The Kier molecular flexibility index (Phi) is 10.7. The molecule has 3 fully saturated rings. The molecule has 4 heterocycles. The van der Waals surface area contributed by atoms with Gasteiger partial charge in [-0.1, -0.05) is 32.4 Å². The van der Waals surface area contributed by atoms with Crippen LogP contribution in [0, 0.1) is 17.8 Å². The summed E-state index contributed by atoms with van der Waals surface area (Å²) < 4.78 is 40.9. The summed E-state index contributed by atoms with van der Waals surface area (Å²) in [7, 11) is -1.12. The van der Waals surface area contributed by atoms with Crippen LogP contribution in [0.3, 0.4) is 0 Å². The molecule has 0 unspecified atom stereocenters. The number of aromatic nitrogens is 3. The second-order valence-corrected chi connectivity index (χ2v) is 17.8. The van der Waals surface area contributed by atoms with E-state index in [1.54, 1.807) is 48.6 Å². The number of fused-ring (bicyclic) bond motifs is 3. The molecule has 2 aliphatic carbocycles. The maximum atomic E-state index is 14.7. The first-order valence-corrected chi connectivity index (χ1v) is 20.7. The molecule has 4 aliphatic rings. The van der Waals surface area contributed by atoms with Crippen LogP contribution in [0.15, 0.2) is 55.0 Å². The first kappa shape index (κ1) is 39.1. The van der Waals surface area contributed by atoms with E-state index in [9.17, 15) is 32.7 Å². The van der Waals surface area contributed by atoms with Gasteiger partial charge in [0.15, 0.2) is 0 Å². The second kappa shape index (κ2) is 15.4. The van der Waals surface area contributed by atoms with Crippen LogP contribution in [0.25, 0.3) is 16.5 Å². The fraction of sp³-hybridized carbons (Fsp3) is 0.538. The Balaban J connectivity index is 1.25. The van der Waals surface area contributed by atoms with Gasteiger partial charge in [0, 0.05) is 42.6 Å². The average Bonchev–Trinajstić information content (AvgIpc) is 4.05. The van der Waals surface area contributed by atoms with Crippen molar-refractivity contribution in [2.75, 3.05) is 20.7 Å². The van der Waals surface area contributed by atoms with Crippen molar-refractivity contribution in [2.45, 2.75) is 94.2 Å². The molecule has 2 saturated carbocycles. The van der Waals surface area contributed by atoms with Crippen molar-refractivity contribution in [2.24, 2.45) is 17.8 Å². The Bertz CT molecular complexity index is 2140. The van der Waals surface area contributed by atoms with Crippen LogP contribution in [-0.2, 0) is 24.4 Å². The number of rotatable bonds is 9. The van der Waals surface area contributed by atoms with E-state index in [1.807, 2.05) is 25.1 Å². The molecule has 3 aromatic rings. The Hall–Kier alpha value is -5.19. The molecule has 2 aromatic heterocycles. The van der Waals surface area contributed by atoms with Gasteiger partial charge in [-0.15, -0.1) is 0 Å². The minimum atomic E-state index is -3.91. The van der Waals surface area contributed by atoms with E-state index in [0.29, 0.717) is 48.9 Å². The molecule has 0 bridgehead atoms. The Morgan fingerprint density at radius 3 is 2.62 bits per heavy atom. The number of hydrogen-bond donors (Lipinski definition) is 3. The number of benzene rings is 1. The quantitative estimate of drug-likeness (QED) is 0.267. The molecule has 3 N–H and O–H groups in total. The van der Waals surface area contributed by atoms with Gasteiger partial charge in [0.2, 0.25) is 27.7 Å². The first-order valence-electron chi connectivity index (χ1n) is 19.2. The van der Waals surface area contributed by atoms with E-state index in [1.165, 1.54) is 11.9 Å². The number of nitrogens with one attached hydrogen (secondary N) is 2. The number of pyridine rings is 1. The number of carbonyl (C=O) groups is 4. The number of likely N-dealkylation sites (N-methyl/N-ethyl adjacent to an activating group) is 1. The van der Waals surface area contributed by atoms with Gasteiger partial charge in [-0.3, -0.25) is 14.4 Å². The van der Waals surface area contributed by atoms with Crippen molar-refractivity contribution in [3.8, 4) is 17.3 Å². The summed E-state index contributed by atoms with van der Waals surface area (Å²) in [6, 6.07) is 4.86. The third-order valence-corrected chi connectivity index (χ3v) is 14.0. The number of carboxylic acid groups (broad SMARTS) is 1. The summed E-state index contributed by atoms with van der Waals surface area (Å²) in [6.45, 7) is 3.88. The Morgan fingerprint density at radius 1 is 1.16 bits per heavy atom. The molecule has 17 heteroatoms. The lowest BCUT2D eigenvalue weighted by Crippen LogP contribution is -2.59. The van der Waals surface area contributed by atoms with Gasteiger partial charge in [-0.05, 0) is 74.6 Å². The number of sulfonamides is 1. The van der Waals surface area contributed by atoms with Crippen LogP contribution in [0.5, 0.6) is 11.6 Å². The topological polar surface area (TPSA) is 202 Å². The molecule has 1 saturated heterocycles. The third kappa shape index (κ3) is 7.52. The van der Waals surface area contributed by atoms with Gasteiger partial charge < -0.3 is 30.1 Å². The minimum Gasteiger partial charge on any atom is -0.497 e. The lowest BCUT2D eigenvalue weighted by atomic mass is 9.85. The van der Waals surface area contributed by atoms with Gasteiger partial charge in [-0.2, -0.15) is 5.10 Å². The zero-order valence-electron chi connectivity index (χ0n) is 32.0. The zero-order valence-corrected chi connectivity index (χ0v) is 32.8. The largest absolute Gasteiger partial charge is 0.497 e. The number of methoxy groups -OCH3 is 1. The highest BCUT2D eigenvalue weighted by Crippen LogP contribution is 2.48. The van der Waals surface area contributed by atoms with Crippen LogP contribution in [-0.4, -0.2) is 111 Å². The highest BCUT2D eigenvalue weighted by Gasteiger charge is 2.63. The normalized spacial score (nSPS) is 28.3. The van der Waals surface area contributed by atoms with Gasteiger partial charge in [-0.25, -0.2) is 27.2 Å². The van der Waals surface area contributed by atoms with Crippen molar-refractivity contribution in [1.29, 1.82) is 0 Å². The molecule has 300 valence electrons. The highest BCUT2D eigenvalue weighted by atomic mass is 32.2. The molecule has 2 aliphatic heterocycles. The van der Waals surface area contributed by atoms with E-state index < -0.39 is 68.7 Å². The zero-order chi connectivity index (χ0) is 39.9. The predicted octanol–water partition coefficient (Wildman–Crippen LogP) is 3.64. The number of ether oxygens (including phenoxy) is 2. The van der Waals surface area contributed by atoms with E-state index in [2.05, 4.69) is 27.6 Å². The van der Waals surface area contributed by atoms with Crippen LogP contribution >= 0.6 is 0 Å². The maximum absolute atomic E-state index is 14.7. The monoisotopic (exact) mass is 791 g/mol. The molecule has 0 radical (unpaired) electrons. The van der Waals surface area contributed by atoms with E-state index in [0.717, 1.165) is 16.1 Å². The average molecular weight is 792 g/mol. The smallest absolute Gasteiger partial charge is 0.405 e. The summed E-state index contributed by atoms with van der Waals surface area (Å²) in [4.78, 5) is 61.5. The number of hydrogen-bond acceptors (Lipinski definition) is 10. The highest BCUT2D eigenvalue weighted by molar-refractivity contribution is 7.90. The number of nitrogens with zero attached hydrogens (tertiary/aromatic N) is 5. The minimum absolute atomic E-state index is 0.00815. The lowest BCUT2D eigenvalue weighted by molar-refractivity contribution is -0.142. The van der Waals surface area contributed by atoms with Crippen LogP contribution in [0.4, 0.5) is 4.79 Å². The van der Waals surface area contributed by atoms with Gasteiger partial charge in [0.05, 0.1) is 30.8 Å². The maximum Gasteiger partial charge on any atom is 0.405 e. The number of allylic oxidation sites excluding steroid dienone is 1. The van der Waals surface area contributed by atoms with Gasteiger partial charge in [0.25, 0.3) is 5.91 Å². The van der Waals surface area contributed by atoms with Gasteiger partial charge in [0.1, 0.15) is 29.5 Å². The summed E-state index contributed by atoms with van der Waals surface area (Å²) in [5.74, 6) is -1.84. The van der Waals surface area contributed by atoms with Crippen molar-refractivity contribution in [3.63, 3.8) is 0 Å². The first-order chi connectivity index (χ1) is 26.8. The van der Waals surface area contributed by atoms with E-state index in [-0.39, 0.29) is 37.1 Å². The molecular formula is C39H49N7O9S. The molecule has 56 heavy (non-hydrogen) atoms. The standard InChI is InChI=1S/C39H49N7O9S/c1-5-24-17-23(2)9-6-7-10-25-20-39(25,37(49)44(3)56(52,53)28-12-13-28)43-34(47)31-19-27(22-45(31)36(48)33(24)42-38(50)51)55-35-29-14-11-26(54-4)18-30(29)32(21-40-35)46-16-8-15-41-46/h7-8,10-11,14-16,18,21,23-25,27-28,31,33,42H,5-6,9,12-13,17,19-20,22H2,1-4H3,(H,43,47)(H,50,51)/t23-,24-,25-,27-,31+,33+,39-/m1/s1. The van der Waals surface area contributed by atoms with Crippen molar-refractivity contribution in [1.82, 2.24) is 34.6 Å². The molecule has 4 amide bonds. The van der Waals surface area contributed by atoms with Crippen molar-refractivity contribution in [3.05, 3.63) is 55.0 Å². The van der Waals surface area contributed by atoms with Crippen molar-refractivity contribution >= 4 is 44.6 Å². The summed E-state index contributed by atoms with van der Waals surface area (Å²) in [5, 5.41) is 20.4. The van der Waals surface area contributed by atoms with Crippen molar-refractivity contribution < 1.29 is 42.2 Å². The SMILES string of the molecule is CC[C@@H]1C[C@H](C)CCC=C[C@@H]2C[C@@]2(C(=O)N(C)S(=O)(=O)C2CC2)NC(=O)[C@@H]2C[C@@H](Oc3ncc(-n4cccn4)c4cc(OC)ccc34)CN2C(=O)[C@H]1NC(=O)O. The van der Waals surface area contributed by atoms with E-state index in [4.69, 9.17) is 9.47 Å². The van der Waals surface area contributed by atoms with Crippen LogP contribution in [0.2, 0.25) is 0 Å². The fourth-order valence-corrected chi connectivity index (χ4v) is 9.86. The molecule has 16 nitrogen and oxygen atoms in total. The Labute approximate surface area is 325 Å². The second-order valence-electron chi connectivity index (χ2n) is 15.5. The lowest BCUT2D eigenvalue weighted by Gasteiger charge is -2.33. The van der Waals surface area contributed by atoms with Crippen LogP contribution < -0.4 is 20.1 Å². The molecule has 0 spiro atoms. The fourth-order valence-electron chi connectivity index (χ4n) is 8.29. The summed E-state index contributed by atoms with van der Waals surface area (Å²) in [6.07, 6.45) is 10.3. The number of amides is 4. The summed E-state index contributed by atoms with van der Waals surface area (Å²) in [5.41, 5.74) is -0.864. The van der Waals surface area contributed by atoms with E-state index >= 15 is 0 Å². The summed E-state index contributed by atoms with van der Waals surface area (Å²) >= 11 is 0.